The van der Waals surface area contributed by atoms with Crippen molar-refractivity contribution < 1.29 is 14.2 Å². The number of nitrogens with zero attached hydrogens (tertiary/aromatic N) is 1. The summed E-state index contributed by atoms with van der Waals surface area (Å²) in [5.74, 6) is 0.967. The van der Waals surface area contributed by atoms with Crippen molar-refractivity contribution in [2.45, 2.75) is 25.4 Å². The number of rotatable bonds is 5. The molecule has 4 nitrogen and oxygen atoms in total. The van der Waals surface area contributed by atoms with Crippen LogP contribution in [-0.2, 0) is 9.47 Å². The molecule has 0 saturated carbocycles. The van der Waals surface area contributed by atoms with E-state index in [2.05, 4.69) is 27.8 Å². The molecule has 5 heteroatoms. The van der Waals surface area contributed by atoms with E-state index in [0.29, 0.717) is 12.1 Å². The maximum absolute atomic E-state index is 5.91. The normalized spacial score (nSPS) is 25.8. The van der Waals surface area contributed by atoms with Gasteiger partial charge in [0, 0.05) is 16.6 Å². The molecule has 2 aliphatic rings. The van der Waals surface area contributed by atoms with Crippen LogP contribution in [0.15, 0.2) is 22.7 Å². The van der Waals surface area contributed by atoms with Crippen LogP contribution >= 0.6 is 15.9 Å². The molecule has 3 rings (SSSR count). The van der Waals surface area contributed by atoms with Gasteiger partial charge in [-0.1, -0.05) is 22.0 Å². The fourth-order valence-corrected chi connectivity index (χ4v) is 3.34. The first kappa shape index (κ1) is 15.3. The first-order valence-corrected chi connectivity index (χ1v) is 8.34. The first-order valence-electron chi connectivity index (χ1n) is 7.55. The summed E-state index contributed by atoms with van der Waals surface area (Å²) < 4.78 is 18.2. The minimum Gasteiger partial charge on any atom is -0.493 e. The lowest BCUT2D eigenvalue weighted by molar-refractivity contribution is -0.137. The second kappa shape index (κ2) is 7.09. The minimum atomic E-state index is 0.421. The lowest BCUT2D eigenvalue weighted by atomic mass is 10.1. The molecule has 2 fully saturated rings. The van der Waals surface area contributed by atoms with E-state index in [1.807, 2.05) is 18.2 Å². The van der Waals surface area contributed by atoms with Gasteiger partial charge >= 0.3 is 0 Å². The summed E-state index contributed by atoms with van der Waals surface area (Å²) >= 11 is 3.53. The molecule has 1 aromatic rings. The number of morpholine rings is 2. The zero-order valence-corrected chi connectivity index (χ0v) is 14.0. The summed E-state index contributed by atoms with van der Waals surface area (Å²) in [6.07, 6.45) is 1.03. The molecule has 2 bridgehead atoms. The monoisotopic (exact) mass is 355 g/mol. The summed E-state index contributed by atoms with van der Waals surface area (Å²) in [6, 6.07) is 6.92. The maximum Gasteiger partial charge on any atom is 0.123 e. The third kappa shape index (κ3) is 3.59. The largest absolute Gasteiger partial charge is 0.493 e. The van der Waals surface area contributed by atoms with Gasteiger partial charge < -0.3 is 14.2 Å². The summed E-state index contributed by atoms with van der Waals surface area (Å²) in [6.45, 7) is 7.04. The molecule has 0 amide bonds. The summed E-state index contributed by atoms with van der Waals surface area (Å²) in [4.78, 5) is 2.53. The van der Waals surface area contributed by atoms with Gasteiger partial charge in [-0.15, -0.1) is 0 Å². The van der Waals surface area contributed by atoms with Crippen molar-refractivity contribution in [2.75, 3.05) is 39.6 Å². The van der Waals surface area contributed by atoms with E-state index >= 15 is 0 Å². The third-order valence-corrected chi connectivity index (χ3v) is 5.07. The molecule has 0 radical (unpaired) electrons. The van der Waals surface area contributed by atoms with Crippen molar-refractivity contribution in [2.24, 2.45) is 0 Å². The van der Waals surface area contributed by atoms with Crippen LogP contribution in [0.5, 0.6) is 5.75 Å². The third-order valence-electron chi connectivity index (χ3n) is 4.22. The van der Waals surface area contributed by atoms with Crippen LogP contribution in [0.2, 0.25) is 0 Å². The lowest BCUT2D eigenvalue weighted by Crippen LogP contribution is -2.59. The SMILES string of the molecule is Cc1c(Br)cccc1OCCCN1C2COCC1COC2. The number of fused-ring (bicyclic) bond motifs is 2. The lowest BCUT2D eigenvalue weighted by Gasteiger charge is -2.45. The zero-order chi connectivity index (χ0) is 14.7. The van der Waals surface area contributed by atoms with Gasteiger partial charge in [0.25, 0.3) is 0 Å². The van der Waals surface area contributed by atoms with Crippen LogP contribution < -0.4 is 4.74 Å². The number of hydrogen-bond acceptors (Lipinski definition) is 4. The van der Waals surface area contributed by atoms with Crippen LogP contribution in [0.25, 0.3) is 0 Å². The van der Waals surface area contributed by atoms with Gasteiger partial charge in [0.2, 0.25) is 0 Å². The molecule has 0 aliphatic carbocycles. The molecule has 21 heavy (non-hydrogen) atoms. The van der Waals surface area contributed by atoms with E-state index in [4.69, 9.17) is 14.2 Å². The molecule has 1 aromatic carbocycles. The average Bonchev–Trinajstić information content (AvgIpc) is 2.47. The molecule has 0 spiro atoms. The van der Waals surface area contributed by atoms with Gasteiger partial charge in [0.05, 0.1) is 45.1 Å². The van der Waals surface area contributed by atoms with Crippen LogP contribution in [0, 0.1) is 6.92 Å². The number of halogens is 1. The van der Waals surface area contributed by atoms with Crippen LogP contribution in [-0.4, -0.2) is 56.6 Å². The highest BCUT2D eigenvalue weighted by atomic mass is 79.9. The number of hydrogen-bond donors (Lipinski definition) is 0. The fourth-order valence-electron chi connectivity index (χ4n) is 3.00. The molecule has 0 atom stereocenters. The summed E-state index contributed by atoms with van der Waals surface area (Å²) in [7, 11) is 0. The zero-order valence-electron chi connectivity index (χ0n) is 12.4. The van der Waals surface area contributed by atoms with Crippen LogP contribution in [0.1, 0.15) is 12.0 Å². The van der Waals surface area contributed by atoms with Crippen LogP contribution in [0.3, 0.4) is 0 Å². The van der Waals surface area contributed by atoms with Crippen molar-refractivity contribution in [1.82, 2.24) is 4.90 Å². The molecule has 0 unspecified atom stereocenters. The van der Waals surface area contributed by atoms with Gasteiger partial charge in [-0.05, 0) is 25.5 Å². The fraction of sp³-hybridized carbons (Fsp3) is 0.625. The highest BCUT2D eigenvalue weighted by molar-refractivity contribution is 9.10. The Labute approximate surface area is 134 Å². The molecule has 2 saturated heterocycles. The highest BCUT2D eigenvalue weighted by Gasteiger charge is 2.34. The molecule has 0 N–H and O–H groups in total. The molecule has 116 valence electrons. The van der Waals surface area contributed by atoms with Gasteiger partial charge in [-0.2, -0.15) is 0 Å². The molecular weight excluding hydrogens is 334 g/mol. The maximum atomic E-state index is 5.91. The molecular formula is C16H22BrNO3. The Bertz CT molecular complexity index is 461. The van der Waals surface area contributed by atoms with E-state index in [-0.39, 0.29) is 0 Å². The molecule has 2 aliphatic heterocycles. The van der Waals surface area contributed by atoms with Crippen molar-refractivity contribution in [1.29, 1.82) is 0 Å². The Balaban J connectivity index is 1.47. The Morgan fingerprint density at radius 1 is 1.19 bits per heavy atom. The van der Waals surface area contributed by atoms with E-state index in [9.17, 15) is 0 Å². The van der Waals surface area contributed by atoms with Crippen molar-refractivity contribution in [3.05, 3.63) is 28.2 Å². The minimum absolute atomic E-state index is 0.421. The quantitative estimate of drug-likeness (QED) is 0.759. The van der Waals surface area contributed by atoms with Gasteiger partial charge in [0.1, 0.15) is 5.75 Å². The Morgan fingerprint density at radius 3 is 2.52 bits per heavy atom. The van der Waals surface area contributed by atoms with Gasteiger partial charge in [-0.25, -0.2) is 0 Å². The number of benzene rings is 1. The van der Waals surface area contributed by atoms with Crippen molar-refractivity contribution >= 4 is 15.9 Å². The van der Waals surface area contributed by atoms with Crippen molar-refractivity contribution in [3.63, 3.8) is 0 Å². The Hall–Kier alpha value is -0.620. The molecule has 0 aromatic heterocycles. The number of ether oxygens (including phenoxy) is 3. The first-order chi connectivity index (χ1) is 10.3. The summed E-state index contributed by atoms with van der Waals surface area (Å²) in [5, 5.41) is 0. The smallest absolute Gasteiger partial charge is 0.123 e. The van der Waals surface area contributed by atoms with Crippen LogP contribution in [0.4, 0.5) is 0 Å². The van der Waals surface area contributed by atoms with E-state index in [1.54, 1.807) is 0 Å². The topological polar surface area (TPSA) is 30.9 Å². The van der Waals surface area contributed by atoms with E-state index < -0.39 is 0 Å². The second-order valence-corrected chi connectivity index (χ2v) is 6.54. The van der Waals surface area contributed by atoms with E-state index in [1.165, 1.54) is 0 Å². The second-order valence-electron chi connectivity index (χ2n) is 5.69. The van der Waals surface area contributed by atoms with Gasteiger partial charge in [0.15, 0.2) is 0 Å². The standard InChI is InChI=1S/C16H22BrNO3/c1-12-15(17)4-2-5-16(12)21-7-3-6-18-13-8-19-10-14(18)11-20-9-13/h2,4-5,13-14H,3,6-11H2,1H3. The summed E-state index contributed by atoms with van der Waals surface area (Å²) in [5.41, 5.74) is 1.16. The predicted molar refractivity (Wildman–Crippen MR) is 84.9 cm³/mol. The average molecular weight is 356 g/mol. The highest BCUT2D eigenvalue weighted by Crippen LogP contribution is 2.25. The predicted octanol–water partition coefficient (Wildman–Crippen LogP) is 2.63. The Kier molecular flexibility index (Phi) is 5.16. The van der Waals surface area contributed by atoms with Crippen molar-refractivity contribution in [3.8, 4) is 5.75 Å². The van der Waals surface area contributed by atoms with E-state index in [0.717, 1.165) is 61.8 Å². The van der Waals surface area contributed by atoms with Gasteiger partial charge in [-0.3, -0.25) is 4.90 Å². The molecule has 2 heterocycles. The Morgan fingerprint density at radius 2 is 1.86 bits per heavy atom.